The van der Waals surface area contributed by atoms with Gasteiger partial charge in [-0.2, -0.15) is 0 Å². The summed E-state index contributed by atoms with van der Waals surface area (Å²) in [6, 6.07) is 11.9. The lowest BCUT2D eigenvalue weighted by Gasteiger charge is -2.31. The number of aliphatic hydroxyl groups is 1. The fourth-order valence-electron chi connectivity index (χ4n) is 4.21. The van der Waals surface area contributed by atoms with Gasteiger partial charge in [-0.3, -0.25) is 0 Å². The molecule has 0 saturated heterocycles. The van der Waals surface area contributed by atoms with Crippen LogP contribution in [0.25, 0.3) is 16.7 Å². The number of ether oxygens (including phenoxy) is 1. The van der Waals surface area contributed by atoms with Gasteiger partial charge in [0.2, 0.25) is 0 Å². The average molecular weight is 383 g/mol. The van der Waals surface area contributed by atoms with Gasteiger partial charge in [0.05, 0.1) is 0 Å². The first-order valence-corrected chi connectivity index (χ1v) is 9.84. The Morgan fingerprint density at radius 3 is 2.33 bits per heavy atom. The first-order valence-electron chi connectivity index (χ1n) is 9.46. The van der Waals surface area contributed by atoms with Crippen LogP contribution in [0.1, 0.15) is 48.8 Å². The van der Waals surface area contributed by atoms with Crippen LogP contribution in [0.15, 0.2) is 42.2 Å². The fourth-order valence-corrected chi connectivity index (χ4v) is 4.48. The third kappa shape index (κ3) is 3.04. The zero-order valence-corrected chi connectivity index (χ0v) is 16.4. The molecule has 0 unspecified atom stereocenters. The Kier molecular flexibility index (Phi) is 4.51. The van der Waals surface area contributed by atoms with Crippen LogP contribution in [0.5, 0.6) is 0 Å². The summed E-state index contributed by atoms with van der Waals surface area (Å²) in [5.41, 5.74) is 4.10. The molecule has 1 heterocycles. The number of benzene rings is 2. The number of halogens is 1. The van der Waals surface area contributed by atoms with Crippen molar-refractivity contribution < 1.29 is 14.6 Å². The lowest BCUT2D eigenvalue weighted by molar-refractivity contribution is -0.149. The van der Waals surface area contributed by atoms with Gasteiger partial charge < -0.3 is 9.84 Å². The maximum absolute atomic E-state index is 12.6. The van der Waals surface area contributed by atoms with Gasteiger partial charge in [-0.1, -0.05) is 47.9 Å². The molecule has 1 fully saturated rings. The minimum atomic E-state index is -0.834. The van der Waals surface area contributed by atoms with Crippen molar-refractivity contribution in [3.63, 3.8) is 0 Å². The van der Waals surface area contributed by atoms with Crippen molar-refractivity contribution in [1.82, 2.24) is 0 Å². The molecule has 0 atom stereocenters. The number of rotatable bonds is 2. The second-order valence-corrected chi connectivity index (χ2v) is 8.09. The van der Waals surface area contributed by atoms with E-state index in [9.17, 15) is 9.90 Å². The van der Waals surface area contributed by atoms with E-state index in [1.54, 1.807) is 6.07 Å². The molecule has 3 nitrogen and oxygen atoms in total. The summed E-state index contributed by atoms with van der Waals surface area (Å²) in [7, 11) is 0. The summed E-state index contributed by atoms with van der Waals surface area (Å²) in [5.74, 6) is -0.369. The molecule has 140 valence electrons. The van der Waals surface area contributed by atoms with Crippen molar-refractivity contribution >= 4 is 23.1 Å². The first-order chi connectivity index (χ1) is 12.9. The molecule has 27 heavy (non-hydrogen) atoms. The maximum Gasteiger partial charge on any atom is 0.343 e. The van der Waals surface area contributed by atoms with Crippen molar-refractivity contribution in [1.29, 1.82) is 0 Å². The molecule has 0 radical (unpaired) electrons. The summed E-state index contributed by atoms with van der Waals surface area (Å²) in [6.07, 6.45) is 4.38. The number of hydrogen-bond donors (Lipinski definition) is 1. The van der Waals surface area contributed by atoms with Gasteiger partial charge in [-0.05, 0) is 68.4 Å². The molecule has 1 aliphatic heterocycles. The van der Waals surface area contributed by atoms with Crippen LogP contribution >= 0.6 is 11.6 Å². The number of hydrogen-bond acceptors (Lipinski definition) is 3. The van der Waals surface area contributed by atoms with E-state index in [0.717, 1.165) is 36.0 Å². The third-order valence-electron chi connectivity index (χ3n) is 5.77. The van der Waals surface area contributed by atoms with Crippen molar-refractivity contribution in [3.8, 4) is 11.1 Å². The maximum atomic E-state index is 12.6. The lowest BCUT2D eigenvalue weighted by atomic mass is 9.82. The second kappa shape index (κ2) is 6.72. The van der Waals surface area contributed by atoms with E-state index < -0.39 is 11.6 Å². The third-order valence-corrected chi connectivity index (χ3v) is 6.08. The van der Waals surface area contributed by atoms with E-state index in [2.05, 4.69) is 0 Å². The SMILES string of the molecule is Cc1ccc(-c2cc(C)c(C3=C(O)C4(CCCCC4)OC3=O)cc2Cl)cc1. The summed E-state index contributed by atoms with van der Waals surface area (Å²) in [6.45, 7) is 3.98. The number of esters is 1. The fraction of sp³-hybridized carbons (Fsp3) is 0.348. The molecule has 0 aromatic heterocycles. The Bertz CT molecular complexity index is 935. The highest BCUT2D eigenvalue weighted by molar-refractivity contribution is 6.34. The normalized spacial score (nSPS) is 18.9. The number of aryl methyl sites for hydroxylation is 2. The Labute approximate surface area is 164 Å². The number of carbonyl (C=O) groups is 1. The van der Waals surface area contributed by atoms with E-state index in [0.29, 0.717) is 23.4 Å². The van der Waals surface area contributed by atoms with Crippen molar-refractivity contribution in [2.24, 2.45) is 0 Å². The van der Waals surface area contributed by atoms with Gasteiger partial charge in [0.25, 0.3) is 0 Å². The van der Waals surface area contributed by atoms with E-state index in [1.807, 2.05) is 44.2 Å². The number of aliphatic hydroxyl groups excluding tert-OH is 1. The number of carbonyl (C=O) groups excluding carboxylic acids is 1. The van der Waals surface area contributed by atoms with E-state index in [4.69, 9.17) is 16.3 Å². The van der Waals surface area contributed by atoms with Crippen molar-refractivity contribution in [2.75, 3.05) is 0 Å². The summed E-state index contributed by atoms with van der Waals surface area (Å²) >= 11 is 6.57. The van der Waals surface area contributed by atoms with Crippen LogP contribution in [0, 0.1) is 13.8 Å². The Balaban J connectivity index is 1.79. The zero-order valence-electron chi connectivity index (χ0n) is 15.6. The molecule has 1 aliphatic carbocycles. The molecule has 1 N–H and O–H groups in total. The molecule has 4 heteroatoms. The van der Waals surface area contributed by atoms with E-state index in [1.165, 1.54) is 5.56 Å². The molecule has 4 rings (SSSR count). The largest absolute Gasteiger partial charge is 0.507 e. The first kappa shape index (κ1) is 18.1. The molecule has 1 spiro atoms. The van der Waals surface area contributed by atoms with Gasteiger partial charge in [0, 0.05) is 10.6 Å². The highest BCUT2D eigenvalue weighted by atomic mass is 35.5. The molecule has 0 amide bonds. The Morgan fingerprint density at radius 2 is 1.67 bits per heavy atom. The molecule has 1 saturated carbocycles. The summed E-state index contributed by atoms with van der Waals surface area (Å²) in [4.78, 5) is 12.6. The molecule has 2 aliphatic rings. The smallest absolute Gasteiger partial charge is 0.343 e. The standard InChI is InChI=1S/C23H23ClO3/c1-14-6-8-16(9-7-14)18-12-15(2)17(13-19(18)24)20-21(25)23(27-22(20)26)10-4-3-5-11-23/h6-9,12-13,25H,3-5,10-11H2,1-2H3. The molecule has 2 aromatic rings. The van der Waals surface area contributed by atoms with Crippen LogP contribution in [0.4, 0.5) is 0 Å². The van der Waals surface area contributed by atoms with Crippen LogP contribution in [0.2, 0.25) is 5.02 Å². The second-order valence-electron chi connectivity index (χ2n) is 7.68. The molecular formula is C23H23ClO3. The zero-order chi connectivity index (χ0) is 19.2. The van der Waals surface area contributed by atoms with Crippen LogP contribution in [0.3, 0.4) is 0 Å². The van der Waals surface area contributed by atoms with Crippen molar-refractivity contribution in [3.05, 3.63) is 63.9 Å². The van der Waals surface area contributed by atoms with Gasteiger partial charge in [0.15, 0.2) is 11.4 Å². The topological polar surface area (TPSA) is 46.5 Å². The molecule has 2 aromatic carbocycles. The minimum Gasteiger partial charge on any atom is -0.507 e. The van der Waals surface area contributed by atoms with Gasteiger partial charge in [-0.25, -0.2) is 4.79 Å². The minimum absolute atomic E-state index is 0.0782. The molecular weight excluding hydrogens is 360 g/mol. The van der Waals surface area contributed by atoms with E-state index >= 15 is 0 Å². The highest BCUT2D eigenvalue weighted by Gasteiger charge is 2.49. The summed E-state index contributed by atoms with van der Waals surface area (Å²) in [5, 5.41) is 11.5. The highest BCUT2D eigenvalue weighted by Crippen LogP contribution is 2.46. The predicted octanol–water partition coefficient (Wildman–Crippen LogP) is 6.15. The quantitative estimate of drug-likeness (QED) is 0.633. The Morgan fingerprint density at radius 1 is 1.00 bits per heavy atom. The monoisotopic (exact) mass is 382 g/mol. The van der Waals surface area contributed by atoms with Gasteiger partial charge >= 0.3 is 5.97 Å². The van der Waals surface area contributed by atoms with Crippen molar-refractivity contribution in [2.45, 2.75) is 51.6 Å². The van der Waals surface area contributed by atoms with Gasteiger partial charge in [-0.15, -0.1) is 0 Å². The van der Waals surface area contributed by atoms with Crippen LogP contribution in [-0.2, 0) is 9.53 Å². The molecule has 0 bridgehead atoms. The van der Waals surface area contributed by atoms with Crippen LogP contribution < -0.4 is 0 Å². The van der Waals surface area contributed by atoms with Crippen LogP contribution in [-0.4, -0.2) is 16.7 Å². The van der Waals surface area contributed by atoms with Gasteiger partial charge in [0.1, 0.15) is 5.57 Å². The summed E-state index contributed by atoms with van der Waals surface area (Å²) < 4.78 is 5.69. The Hall–Kier alpha value is -2.26. The average Bonchev–Trinajstić information content (AvgIpc) is 2.88. The van der Waals surface area contributed by atoms with E-state index in [-0.39, 0.29) is 11.3 Å². The lowest BCUT2D eigenvalue weighted by Crippen LogP contribution is -2.34. The predicted molar refractivity (Wildman–Crippen MR) is 108 cm³/mol.